The summed E-state index contributed by atoms with van der Waals surface area (Å²) in [5.41, 5.74) is 2.39. The third-order valence-electron chi connectivity index (χ3n) is 2.22. The van der Waals surface area contributed by atoms with E-state index in [1.165, 1.54) is 17.6 Å². The summed E-state index contributed by atoms with van der Waals surface area (Å²) in [4.78, 5) is 0. The fourth-order valence-corrected chi connectivity index (χ4v) is 1.34. The van der Waals surface area contributed by atoms with Gasteiger partial charge in [0.1, 0.15) is 0 Å². The van der Waals surface area contributed by atoms with Crippen LogP contribution in [-0.4, -0.2) is 0 Å². The van der Waals surface area contributed by atoms with E-state index in [2.05, 4.69) is 12.2 Å². The lowest BCUT2D eigenvalue weighted by atomic mass is 9.95. The number of hydrogen-bond donors (Lipinski definition) is 0. The summed E-state index contributed by atoms with van der Waals surface area (Å²) in [7, 11) is 0. The van der Waals surface area contributed by atoms with E-state index in [1.807, 2.05) is 26.8 Å². The Hall–Kier alpha value is -1.04. The first-order valence-corrected chi connectivity index (χ1v) is 5.64. The Balaban J connectivity index is 0.000000437. The molecule has 0 bridgehead atoms. The smallest absolute Gasteiger partial charge is 0.0628 e. The maximum absolute atomic E-state index is 7.85. The first-order valence-electron chi connectivity index (χ1n) is 6.64. The molecule has 0 unspecified atom stereocenters. The standard InChI is InChI=1S/C11H16.C4H8/c1-3-6-11-8-5-7-10(4-2)9-11;1-3-4-2/h3-4,6,9H,5,7-8H2,1-2H3;3-4H,1-2H3/i9D;3D. The second-order valence-electron chi connectivity index (χ2n) is 3.40. The maximum atomic E-state index is 7.85. The van der Waals surface area contributed by atoms with E-state index >= 15 is 0 Å². The van der Waals surface area contributed by atoms with Crippen LogP contribution in [0.15, 0.2) is 47.6 Å². The average Bonchev–Trinajstić information content (AvgIpc) is 2.33. The lowest BCUT2D eigenvalue weighted by Crippen LogP contribution is -1.91. The molecule has 0 N–H and O–H groups in total. The highest BCUT2D eigenvalue weighted by molar-refractivity contribution is 5.32. The van der Waals surface area contributed by atoms with Crippen molar-refractivity contribution < 1.29 is 2.74 Å². The molecule has 0 fully saturated rings. The number of hydrogen-bond acceptors (Lipinski definition) is 0. The predicted molar refractivity (Wildman–Crippen MR) is 71.0 cm³/mol. The van der Waals surface area contributed by atoms with Crippen LogP contribution >= 0.6 is 0 Å². The van der Waals surface area contributed by atoms with Crippen molar-refractivity contribution in [2.24, 2.45) is 0 Å². The molecule has 15 heavy (non-hydrogen) atoms. The molecule has 0 nitrogen and oxygen atoms in total. The van der Waals surface area contributed by atoms with Crippen molar-refractivity contribution in [3.63, 3.8) is 0 Å². The van der Waals surface area contributed by atoms with Crippen molar-refractivity contribution in [2.45, 2.75) is 47.0 Å². The van der Waals surface area contributed by atoms with Gasteiger partial charge in [0.15, 0.2) is 0 Å². The zero-order valence-electron chi connectivity index (χ0n) is 12.4. The minimum absolute atomic E-state index is 0.630. The van der Waals surface area contributed by atoms with E-state index in [9.17, 15) is 0 Å². The summed E-state index contributed by atoms with van der Waals surface area (Å²) in [6.45, 7) is 7.62. The largest absolute Gasteiger partial charge is 0.0919 e. The molecule has 1 aliphatic rings. The normalized spacial score (nSPS) is 22.4. The van der Waals surface area contributed by atoms with Gasteiger partial charge in [0, 0.05) is 0 Å². The summed E-state index contributed by atoms with van der Waals surface area (Å²) in [5, 5.41) is 0. The van der Waals surface area contributed by atoms with Crippen LogP contribution in [0.25, 0.3) is 0 Å². The molecular formula is C15H24. The fourth-order valence-electron chi connectivity index (χ4n) is 1.34. The van der Waals surface area contributed by atoms with E-state index in [1.54, 1.807) is 13.0 Å². The molecule has 0 aromatic rings. The molecule has 0 aromatic heterocycles. The topological polar surface area (TPSA) is 0 Å². The molecule has 0 spiro atoms. The minimum atomic E-state index is 0.630. The summed E-state index contributed by atoms with van der Waals surface area (Å²) in [5.74, 6) is 0. The Morgan fingerprint density at radius 2 is 1.87 bits per heavy atom. The van der Waals surface area contributed by atoms with E-state index in [-0.39, 0.29) is 0 Å². The zero-order valence-corrected chi connectivity index (χ0v) is 10.4. The zero-order chi connectivity index (χ0) is 13.3. The molecule has 1 aliphatic carbocycles. The van der Waals surface area contributed by atoms with Gasteiger partial charge >= 0.3 is 0 Å². The summed E-state index contributed by atoms with van der Waals surface area (Å²) >= 11 is 0. The lowest BCUT2D eigenvalue weighted by molar-refractivity contribution is 0.796. The first-order chi connectivity index (χ1) is 8.06. The van der Waals surface area contributed by atoms with E-state index in [4.69, 9.17) is 2.74 Å². The van der Waals surface area contributed by atoms with Crippen molar-refractivity contribution >= 4 is 0 Å². The average molecular weight is 206 g/mol. The van der Waals surface area contributed by atoms with Crippen molar-refractivity contribution in [3.05, 3.63) is 47.6 Å². The Morgan fingerprint density at radius 3 is 2.33 bits per heavy atom. The minimum Gasteiger partial charge on any atom is -0.0919 e. The van der Waals surface area contributed by atoms with Crippen LogP contribution in [0, 0.1) is 0 Å². The molecule has 0 aromatic carbocycles. The molecule has 0 radical (unpaired) electrons. The van der Waals surface area contributed by atoms with Crippen molar-refractivity contribution in [2.75, 3.05) is 0 Å². The molecule has 0 heterocycles. The third-order valence-corrected chi connectivity index (χ3v) is 2.22. The van der Waals surface area contributed by atoms with Crippen molar-refractivity contribution in [1.82, 2.24) is 0 Å². The van der Waals surface area contributed by atoms with Gasteiger partial charge < -0.3 is 0 Å². The predicted octanol–water partition coefficient (Wildman–Crippen LogP) is 5.20. The Labute approximate surface area is 97.9 Å². The van der Waals surface area contributed by atoms with Crippen LogP contribution in [-0.2, 0) is 0 Å². The van der Waals surface area contributed by atoms with Gasteiger partial charge in [0.25, 0.3) is 0 Å². The molecule has 0 saturated carbocycles. The molecule has 0 aliphatic heterocycles. The monoisotopic (exact) mass is 206 g/mol. The van der Waals surface area contributed by atoms with E-state index < -0.39 is 0 Å². The molecule has 84 valence electrons. The van der Waals surface area contributed by atoms with Gasteiger partial charge in [-0.3, -0.25) is 0 Å². The fraction of sp³-hybridized carbons (Fsp3) is 0.467. The number of rotatable bonds is 1. The lowest BCUT2D eigenvalue weighted by Gasteiger charge is -2.11. The van der Waals surface area contributed by atoms with Crippen LogP contribution in [0.1, 0.15) is 49.7 Å². The van der Waals surface area contributed by atoms with Crippen molar-refractivity contribution in [3.8, 4) is 0 Å². The van der Waals surface area contributed by atoms with Gasteiger partial charge in [0.05, 0.1) is 2.74 Å². The molecule has 1 rings (SSSR count). The highest BCUT2D eigenvalue weighted by Crippen LogP contribution is 2.22. The van der Waals surface area contributed by atoms with Crippen LogP contribution < -0.4 is 0 Å². The first kappa shape index (κ1) is 10.5. The third kappa shape index (κ3) is 6.96. The Bertz CT molecular complexity index is 340. The number of allylic oxidation sites excluding steroid dienone is 8. The van der Waals surface area contributed by atoms with Crippen LogP contribution in [0.2, 0.25) is 0 Å². The SMILES string of the molecule is [2H]C(C)=CC.[2H]C1=C(C=CC)CCCC1=CC. The second kappa shape index (κ2) is 9.51. The van der Waals surface area contributed by atoms with Gasteiger partial charge in [-0.1, -0.05) is 42.0 Å². The van der Waals surface area contributed by atoms with Crippen LogP contribution in [0.3, 0.4) is 0 Å². The highest BCUT2D eigenvalue weighted by atomic mass is 14.1. The van der Waals surface area contributed by atoms with Gasteiger partial charge in [-0.2, -0.15) is 0 Å². The maximum Gasteiger partial charge on any atom is 0.0628 e. The van der Waals surface area contributed by atoms with Gasteiger partial charge in [-0.05, 0) is 52.5 Å². The van der Waals surface area contributed by atoms with Crippen LogP contribution in [0.5, 0.6) is 0 Å². The molecule has 0 amide bonds. The van der Waals surface area contributed by atoms with Gasteiger partial charge in [0.2, 0.25) is 0 Å². The second-order valence-corrected chi connectivity index (χ2v) is 3.40. The van der Waals surface area contributed by atoms with Crippen LogP contribution in [0.4, 0.5) is 0 Å². The Kier molecular flexibility index (Phi) is 6.64. The molecule has 0 saturated heterocycles. The molecule has 0 heteroatoms. The molecular weight excluding hydrogens is 180 g/mol. The van der Waals surface area contributed by atoms with E-state index in [0.29, 0.717) is 6.05 Å². The highest BCUT2D eigenvalue weighted by Gasteiger charge is 2.02. The quantitative estimate of drug-likeness (QED) is 0.517. The summed E-state index contributed by atoms with van der Waals surface area (Å²) in [6.07, 6.45) is 11.2. The summed E-state index contributed by atoms with van der Waals surface area (Å²) < 4.78 is 14.5. The van der Waals surface area contributed by atoms with Gasteiger partial charge in [-0.15, -0.1) is 0 Å². The van der Waals surface area contributed by atoms with Crippen molar-refractivity contribution in [1.29, 1.82) is 0 Å². The Morgan fingerprint density at radius 1 is 1.20 bits per heavy atom. The summed E-state index contributed by atoms with van der Waals surface area (Å²) in [6, 6.07) is 1.38. The van der Waals surface area contributed by atoms with E-state index in [0.717, 1.165) is 18.9 Å². The van der Waals surface area contributed by atoms with Gasteiger partial charge in [-0.25, -0.2) is 0 Å². The molecule has 0 atom stereocenters.